The van der Waals surface area contributed by atoms with Crippen LogP contribution in [-0.4, -0.2) is 23.0 Å². The summed E-state index contributed by atoms with van der Waals surface area (Å²) in [5.74, 6) is -0.970. The van der Waals surface area contributed by atoms with Crippen molar-refractivity contribution in [2.24, 2.45) is 0 Å². The van der Waals surface area contributed by atoms with Crippen LogP contribution < -0.4 is 0 Å². The molecule has 0 N–H and O–H groups in total. The van der Waals surface area contributed by atoms with E-state index >= 15 is 0 Å². The quantitative estimate of drug-likeness (QED) is 0.806. The van der Waals surface area contributed by atoms with Gasteiger partial charge in [0.1, 0.15) is 10.1 Å². The number of ether oxygens (including phenoxy) is 1. The van der Waals surface area contributed by atoms with Gasteiger partial charge in [-0.05, 0) is 5.56 Å². The lowest BCUT2D eigenvalue weighted by molar-refractivity contribution is -0.155. The van der Waals surface area contributed by atoms with E-state index in [0.717, 1.165) is 5.56 Å². The number of hydrogen-bond donors (Lipinski definition) is 0. The topological polar surface area (TPSA) is 46.6 Å². The molecule has 1 aromatic rings. The van der Waals surface area contributed by atoms with Crippen molar-refractivity contribution in [3.63, 3.8) is 0 Å². The number of nitrogens with zero attached hydrogens (tertiary/aromatic N) is 1. The van der Waals surface area contributed by atoms with Gasteiger partial charge in [0.25, 0.3) is 5.91 Å². The van der Waals surface area contributed by atoms with Gasteiger partial charge in [-0.25, -0.2) is 0 Å². The fraction of sp³-hybridized carbons (Fsp3) is 0.231. The average Bonchev–Trinajstić information content (AvgIpc) is 2.57. The highest BCUT2D eigenvalue weighted by molar-refractivity contribution is 6.49. The van der Waals surface area contributed by atoms with Crippen molar-refractivity contribution in [1.29, 1.82) is 0 Å². The summed E-state index contributed by atoms with van der Waals surface area (Å²) in [6.07, 6.45) is -0.945. The summed E-state index contributed by atoms with van der Waals surface area (Å²) >= 11 is 11.8. The number of rotatable bonds is 3. The predicted molar refractivity (Wildman–Crippen MR) is 71.3 cm³/mol. The highest BCUT2D eigenvalue weighted by Gasteiger charge is 2.39. The molecule has 6 heteroatoms. The standard InChI is InChI=1S/C13H11Cl2NO3/c1-8(17)19-13-11(15)10(14)12(18)16(13)7-9-5-3-2-4-6-9/h2-6,13H,7H2,1H3. The van der Waals surface area contributed by atoms with Crippen LogP contribution in [0.15, 0.2) is 40.4 Å². The van der Waals surface area contributed by atoms with Crippen LogP contribution in [0.5, 0.6) is 0 Å². The van der Waals surface area contributed by atoms with Gasteiger partial charge >= 0.3 is 5.97 Å². The van der Waals surface area contributed by atoms with Crippen LogP contribution in [0.4, 0.5) is 0 Å². The number of esters is 1. The maximum Gasteiger partial charge on any atom is 0.304 e. The SMILES string of the molecule is CC(=O)OC1C(Cl)=C(Cl)C(=O)N1Cc1ccccc1. The third-order valence-corrected chi connectivity index (χ3v) is 3.47. The van der Waals surface area contributed by atoms with Crippen LogP contribution in [0.1, 0.15) is 12.5 Å². The van der Waals surface area contributed by atoms with E-state index in [0.29, 0.717) is 0 Å². The lowest BCUT2D eigenvalue weighted by Gasteiger charge is -2.24. The zero-order chi connectivity index (χ0) is 14.0. The Morgan fingerprint density at radius 2 is 1.95 bits per heavy atom. The molecule has 1 unspecified atom stereocenters. The highest BCUT2D eigenvalue weighted by Crippen LogP contribution is 2.33. The summed E-state index contributed by atoms with van der Waals surface area (Å²) in [5, 5.41) is -0.0679. The lowest BCUT2D eigenvalue weighted by Crippen LogP contribution is -2.37. The molecule has 0 fully saturated rings. The molecule has 0 aromatic heterocycles. The van der Waals surface area contributed by atoms with Gasteiger partial charge in [-0.3, -0.25) is 14.5 Å². The van der Waals surface area contributed by atoms with E-state index in [2.05, 4.69) is 0 Å². The fourth-order valence-corrected chi connectivity index (χ4v) is 2.23. The van der Waals surface area contributed by atoms with E-state index in [1.165, 1.54) is 11.8 Å². The van der Waals surface area contributed by atoms with E-state index in [1.807, 2.05) is 30.3 Å². The first-order valence-electron chi connectivity index (χ1n) is 5.58. The minimum absolute atomic E-state index is 0.0396. The molecule has 0 saturated carbocycles. The van der Waals surface area contributed by atoms with Crippen LogP contribution in [0.3, 0.4) is 0 Å². The van der Waals surface area contributed by atoms with E-state index in [1.54, 1.807) is 0 Å². The van der Waals surface area contributed by atoms with Gasteiger partial charge < -0.3 is 4.74 Å². The van der Waals surface area contributed by atoms with Gasteiger partial charge in [0.15, 0.2) is 0 Å². The van der Waals surface area contributed by atoms with Gasteiger partial charge in [0, 0.05) is 13.5 Å². The maximum atomic E-state index is 12.0. The molecule has 1 aromatic carbocycles. The van der Waals surface area contributed by atoms with Crippen LogP contribution >= 0.6 is 23.2 Å². The zero-order valence-corrected chi connectivity index (χ0v) is 11.6. The van der Waals surface area contributed by atoms with Crippen molar-refractivity contribution in [3.8, 4) is 0 Å². The monoisotopic (exact) mass is 299 g/mol. The molecule has 0 spiro atoms. The number of hydrogen-bond acceptors (Lipinski definition) is 3. The van der Waals surface area contributed by atoms with E-state index in [9.17, 15) is 9.59 Å². The van der Waals surface area contributed by atoms with E-state index < -0.39 is 18.1 Å². The maximum absolute atomic E-state index is 12.0. The van der Waals surface area contributed by atoms with Crippen LogP contribution in [0, 0.1) is 0 Å². The van der Waals surface area contributed by atoms with E-state index in [-0.39, 0.29) is 16.6 Å². The Morgan fingerprint density at radius 3 is 2.53 bits per heavy atom. The van der Waals surface area contributed by atoms with Crippen LogP contribution in [0.2, 0.25) is 0 Å². The molecule has 1 aliphatic heterocycles. The van der Waals surface area contributed by atoms with Crippen molar-refractivity contribution >= 4 is 35.1 Å². The first-order chi connectivity index (χ1) is 9.00. The second kappa shape index (κ2) is 5.63. The predicted octanol–water partition coefficient (Wildman–Crippen LogP) is 2.61. The van der Waals surface area contributed by atoms with Gasteiger partial charge in [-0.2, -0.15) is 0 Å². The number of amides is 1. The molecule has 19 heavy (non-hydrogen) atoms. The van der Waals surface area contributed by atoms with Crippen molar-refractivity contribution in [1.82, 2.24) is 4.90 Å². The molecular formula is C13H11Cl2NO3. The summed E-state index contributed by atoms with van der Waals surface area (Å²) in [6.45, 7) is 1.52. The van der Waals surface area contributed by atoms with Gasteiger partial charge in [-0.1, -0.05) is 53.5 Å². The Morgan fingerprint density at radius 1 is 1.32 bits per heavy atom. The molecular weight excluding hydrogens is 289 g/mol. The Balaban J connectivity index is 2.23. The van der Waals surface area contributed by atoms with Crippen molar-refractivity contribution < 1.29 is 14.3 Å². The van der Waals surface area contributed by atoms with E-state index in [4.69, 9.17) is 27.9 Å². The molecule has 0 aliphatic carbocycles. The summed E-state index contributed by atoms with van der Waals surface area (Å²) in [5.41, 5.74) is 0.892. The molecule has 0 bridgehead atoms. The largest absolute Gasteiger partial charge is 0.436 e. The Labute approximate surface area is 120 Å². The first-order valence-corrected chi connectivity index (χ1v) is 6.33. The summed E-state index contributed by atoms with van der Waals surface area (Å²) < 4.78 is 5.04. The summed E-state index contributed by atoms with van der Waals surface area (Å²) in [6, 6.07) is 9.30. The third kappa shape index (κ3) is 2.91. The Bertz CT molecular complexity index is 542. The molecule has 1 atom stereocenters. The molecule has 2 rings (SSSR count). The normalized spacial score (nSPS) is 19.0. The second-order valence-corrected chi connectivity index (χ2v) is 4.83. The first kappa shape index (κ1) is 13.9. The Hall–Kier alpha value is -1.52. The smallest absolute Gasteiger partial charge is 0.304 e. The van der Waals surface area contributed by atoms with Crippen LogP contribution in [-0.2, 0) is 20.9 Å². The fourth-order valence-electron chi connectivity index (χ4n) is 1.79. The highest BCUT2D eigenvalue weighted by atomic mass is 35.5. The molecule has 1 heterocycles. The summed E-state index contributed by atoms with van der Waals surface area (Å²) in [7, 11) is 0. The minimum atomic E-state index is -0.945. The lowest BCUT2D eigenvalue weighted by atomic mass is 10.2. The van der Waals surface area contributed by atoms with Gasteiger partial charge in [-0.15, -0.1) is 0 Å². The number of halogens is 2. The summed E-state index contributed by atoms with van der Waals surface area (Å²) in [4.78, 5) is 24.4. The molecule has 4 nitrogen and oxygen atoms in total. The third-order valence-electron chi connectivity index (χ3n) is 2.63. The molecule has 0 radical (unpaired) electrons. The molecule has 1 amide bonds. The number of benzene rings is 1. The van der Waals surface area contributed by atoms with Crippen LogP contribution in [0.25, 0.3) is 0 Å². The van der Waals surface area contributed by atoms with Crippen molar-refractivity contribution in [2.45, 2.75) is 19.7 Å². The number of carbonyl (C=O) groups excluding carboxylic acids is 2. The average molecular weight is 300 g/mol. The minimum Gasteiger partial charge on any atom is -0.436 e. The molecule has 0 saturated heterocycles. The zero-order valence-electron chi connectivity index (χ0n) is 10.1. The van der Waals surface area contributed by atoms with Crippen molar-refractivity contribution in [2.75, 3.05) is 0 Å². The molecule has 1 aliphatic rings. The van der Waals surface area contributed by atoms with Gasteiger partial charge in [0.05, 0.1) is 0 Å². The number of carbonyl (C=O) groups is 2. The van der Waals surface area contributed by atoms with Crippen molar-refractivity contribution in [3.05, 3.63) is 46.0 Å². The molecule has 100 valence electrons. The van der Waals surface area contributed by atoms with Gasteiger partial charge in [0.2, 0.25) is 6.23 Å². The second-order valence-electron chi connectivity index (χ2n) is 4.04. The Kier molecular flexibility index (Phi) is 4.12.